The van der Waals surface area contributed by atoms with Crippen LogP contribution in [0.1, 0.15) is 65.7 Å². The maximum Gasteiger partial charge on any atom is 0.254 e. The van der Waals surface area contributed by atoms with Crippen molar-refractivity contribution in [3.63, 3.8) is 0 Å². The zero-order chi connectivity index (χ0) is 19.8. The molecule has 1 aromatic carbocycles. The molecule has 1 fully saturated rings. The number of para-hydroxylation sites is 1. The molecule has 3 aromatic rings. The molecule has 1 atom stereocenters. The topological polar surface area (TPSA) is 63.9 Å². The van der Waals surface area contributed by atoms with Gasteiger partial charge in [0.1, 0.15) is 11.6 Å². The first-order valence-corrected chi connectivity index (χ1v) is 10.8. The van der Waals surface area contributed by atoms with E-state index in [0.29, 0.717) is 6.54 Å². The largest absolute Gasteiger partial charge is 0.338 e. The van der Waals surface area contributed by atoms with Gasteiger partial charge in [-0.2, -0.15) is 0 Å². The minimum absolute atomic E-state index is 0.104. The summed E-state index contributed by atoms with van der Waals surface area (Å²) in [5, 5.41) is 9.96. The number of piperidine rings is 1. The number of hydrogen-bond donors (Lipinski definition) is 0. The molecule has 150 valence electrons. The lowest BCUT2D eigenvalue weighted by Gasteiger charge is -2.33. The zero-order valence-corrected chi connectivity index (χ0v) is 17.0. The van der Waals surface area contributed by atoms with Gasteiger partial charge in [0.15, 0.2) is 0 Å². The number of pyridine rings is 1. The molecule has 2 aliphatic heterocycles. The second-order valence-electron chi connectivity index (χ2n) is 8.36. The number of hydrogen-bond acceptors (Lipinski definition) is 4. The standard InChI is InChI=1S/C23H27N5O/c1-16-14-19(18-9-4-5-10-20(18)24-16)23(29)27-12-7-8-17(15-27)22-26-25-21-11-3-2-6-13-28(21)22/h4-5,9-10,14,17H,2-3,6-8,11-13,15H2,1H3. The number of fused-ring (bicyclic) bond motifs is 2. The second-order valence-corrected chi connectivity index (χ2v) is 8.36. The minimum Gasteiger partial charge on any atom is -0.338 e. The van der Waals surface area contributed by atoms with Crippen LogP contribution in [0.15, 0.2) is 30.3 Å². The Bertz CT molecular complexity index is 1060. The Kier molecular flexibility index (Phi) is 4.78. The van der Waals surface area contributed by atoms with Crippen molar-refractivity contribution in [2.24, 2.45) is 0 Å². The lowest BCUT2D eigenvalue weighted by molar-refractivity contribution is 0.0705. The predicted molar refractivity (Wildman–Crippen MR) is 112 cm³/mol. The Morgan fingerprint density at radius 2 is 1.97 bits per heavy atom. The number of amides is 1. The van der Waals surface area contributed by atoms with Crippen molar-refractivity contribution in [1.29, 1.82) is 0 Å². The number of nitrogens with zero attached hydrogens (tertiary/aromatic N) is 5. The van der Waals surface area contributed by atoms with E-state index in [0.717, 1.165) is 66.2 Å². The van der Waals surface area contributed by atoms with Gasteiger partial charge in [-0.1, -0.05) is 24.6 Å². The van der Waals surface area contributed by atoms with Gasteiger partial charge in [0.2, 0.25) is 0 Å². The lowest BCUT2D eigenvalue weighted by Crippen LogP contribution is -2.40. The Morgan fingerprint density at radius 3 is 2.90 bits per heavy atom. The quantitative estimate of drug-likeness (QED) is 0.667. The van der Waals surface area contributed by atoms with E-state index < -0.39 is 0 Å². The fraction of sp³-hybridized carbons (Fsp3) is 0.478. The number of aromatic nitrogens is 4. The maximum atomic E-state index is 13.5. The van der Waals surface area contributed by atoms with E-state index in [1.54, 1.807) is 0 Å². The summed E-state index contributed by atoms with van der Waals surface area (Å²) in [5.41, 5.74) is 2.52. The van der Waals surface area contributed by atoms with Crippen molar-refractivity contribution in [3.05, 3.63) is 53.2 Å². The van der Waals surface area contributed by atoms with Crippen LogP contribution in [0.3, 0.4) is 0 Å². The molecular formula is C23H27N5O. The summed E-state index contributed by atoms with van der Waals surface area (Å²) in [4.78, 5) is 20.1. The molecular weight excluding hydrogens is 362 g/mol. The Balaban J connectivity index is 1.43. The lowest BCUT2D eigenvalue weighted by atomic mass is 9.95. The van der Waals surface area contributed by atoms with Gasteiger partial charge in [-0.15, -0.1) is 10.2 Å². The van der Waals surface area contributed by atoms with Crippen molar-refractivity contribution in [2.75, 3.05) is 13.1 Å². The van der Waals surface area contributed by atoms with E-state index in [2.05, 4.69) is 19.7 Å². The van der Waals surface area contributed by atoms with Crippen LogP contribution in [0.4, 0.5) is 0 Å². The number of rotatable bonds is 2. The SMILES string of the molecule is Cc1cc(C(=O)N2CCCC(c3nnc4n3CCCCC4)C2)c2ccccc2n1. The number of carbonyl (C=O) groups is 1. The second kappa shape index (κ2) is 7.58. The third-order valence-electron chi connectivity index (χ3n) is 6.29. The van der Waals surface area contributed by atoms with Crippen LogP contribution in [0.5, 0.6) is 0 Å². The average molecular weight is 390 g/mol. The highest BCUT2D eigenvalue weighted by molar-refractivity contribution is 6.06. The van der Waals surface area contributed by atoms with Gasteiger partial charge >= 0.3 is 0 Å². The first-order chi connectivity index (χ1) is 14.2. The molecule has 0 N–H and O–H groups in total. The van der Waals surface area contributed by atoms with E-state index in [-0.39, 0.29) is 11.8 Å². The van der Waals surface area contributed by atoms with Gasteiger partial charge in [0.05, 0.1) is 11.1 Å². The first kappa shape index (κ1) is 18.3. The summed E-state index contributed by atoms with van der Waals surface area (Å²) >= 11 is 0. The van der Waals surface area contributed by atoms with Crippen molar-refractivity contribution in [1.82, 2.24) is 24.6 Å². The smallest absolute Gasteiger partial charge is 0.254 e. The highest BCUT2D eigenvalue weighted by Gasteiger charge is 2.30. The highest BCUT2D eigenvalue weighted by Crippen LogP contribution is 2.30. The molecule has 0 saturated carbocycles. The third-order valence-corrected chi connectivity index (χ3v) is 6.29. The minimum atomic E-state index is 0.104. The van der Waals surface area contributed by atoms with Crippen molar-refractivity contribution < 1.29 is 4.79 Å². The Hall–Kier alpha value is -2.76. The van der Waals surface area contributed by atoms with E-state index >= 15 is 0 Å². The van der Waals surface area contributed by atoms with Crippen molar-refractivity contribution in [3.8, 4) is 0 Å². The van der Waals surface area contributed by atoms with Crippen LogP contribution in [0.25, 0.3) is 10.9 Å². The molecule has 29 heavy (non-hydrogen) atoms. The Morgan fingerprint density at radius 1 is 1.07 bits per heavy atom. The predicted octanol–water partition coefficient (Wildman–Crippen LogP) is 3.88. The van der Waals surface area contributed by atoms with Gasteiger partial charge in [0.25, 0.3) is 5.91 Å². The van der Waals surface area contributed by atoms with Crippen LogP contribution in [0.2, 0.25) is 0 Å². The summed E-state index contributed by atoms with van der Waals surface area (Å²) < 4.78 is 2.33. The van der Waals surface area contributed by atoms with Gasteiger partial charge in [-0.25, -0.2) is 0 Å². The van der Waals surface area contributed by atoms with Crippen LogP contribution < -0.4 is 0 Å². The van der Waals surface area contributed by atoms with Gasteiger partial charge in [-0.3, -0.25) is 9.78 Å². The summed E-state index contributed by atoms with van der Waals surface area (Å²) in [7, 11) is 0. The van der Waals surface area contributed by atoms with E-state index in [9.17, 15) is 4.79 Å². The number of benzene rings is 1. The molecule has 4 heterocycles. The van der Waals surface area contributed by atoms with E-state index in [4.69, 9.17) is 0 Å². The van der Waals surface area contributed by atoms with Gasteiger partial charge in [-0.05, 0) is 44.7 Å². The molecule has 6 nitrogen and oxygen atoms in total. The molecule has 1 unspecified atom stereocenters. The van der Waals surface area contributed by atoms with Crippen molar-refractivity contribution >= 4 is 16.8 Å². The molecule has 0 bridgehead atoms. The highest BCUT2D eigenvalue weighted by atomic mass is 16.2. The Labute approximate surface area is 171 Å². The first-order valence-electron chi connectivity index (χ1n) is 10.8. The molecule has 0 spiro atoms. The maximum absolute atomic E-state index is 13.5. The van der Waals surface area contributed by atoms with E-state index in [1.165, 1.54) is 19.3 Å². The molecule has 5 rings (SSSR count). The summed E-state index contributed by atoms with van der Waals surface area (Å²) in [6.07, 6.45) is 6.73. The molecule has 6 heteroatoms. The van der Waals surface area contributed by atoms with Crippen LogP contribution in [0, 0.1) is 6.92 Å². The molecule has 0 radical (unpaired) electrons. The average Bonchev–Trinajstić information content (AvgIpc) is 3.01. The summed E-state index contributed by atoms with van der Waals surface area (Å²) in [6.45, 7) is 4.47. The molecule has 1 amide bonds. The fourth-order valence-electron chi connectivity index (χ4n) is 4.84. The van der Waals surface area contributed by atoms with E-state index in [1.807, 2.05) is 42.2 Å². The summed E-state index contributed by atoms with van der Waals surface area (Å²) in [6, 6.07) is 9.84. The molecule has 0 aliphatic carbocycles. The summed E-state index contributed by atoms with van der Waals surface area (Å²) in [5.74, 6) is 2.57. The molecule has 2 aliphatic rings. The zero-order valence-electron chi connectivity index (χ0n) is 17.0. The van der Waals surface area contributed by atoms with Crippen LogP contribution in [-0.2, 0) is 13.0 Å². The van der Waals surface area contributed by atoms with Crippen LogP contribution in [-0.4, -0.2) is 43.6 Å². The number of aryl methyl sites for hydroxylation is 2. The molecule has 1 saturated heterocycles. The number of carbonyl (C=O) groups excluding carboxylic acids is 1. The van der Waals surface area contributed by atoms with Gasteiger partial charge < -0.3 is 9.47 Å². The number of likely N-dealkylation sites (tertiary alicyclic amines) is 1. The van der Waals surface area contributed by atoms with Gasteiger partial charge in [0, 0.05) is 43.1 Å². The monoisotopic (exact) mass is 389 g/mol. The third kappa shape index (κ3) is 3.41. The van der Waals surface area contributed by atoms with Crippen molar-refractivity contribution in [2.45, 2.75) is 57.9 Å². The fourth-order valence-corrected chi connectivity index (χ4v) is 4.84. The van der Waals surface area contributed by atoms with Crippen LogP contribution >= 0.6 is 0 Å². The molecule has 2 aromatic heterocycles. The normalized spacial score (nSPS) is 19.8.